The fourth-order valence-electron chi connectivity index (χ4n) is 4.44. The third kappa shape index (κ3) is 6.01. The zero-order valence-electron chi connectivity index (χ0n) is 23.0. The molecule has 1 amide bonds. The summed E-state index contributed by atoms with van der Waals surface area (Å²) in [4.78, 5) is 26.0. The second-order valence-corrected chi connectivity index (χ2v) is 11.9. The molecule has 0 aliphatic heterocycles. The molecule has 3 aromatic carbocycles. The Morgan fingerprint density at radius 1 is 1.07 bits per heavy atom. The predicted molar refractivity (Wildman–Crippen MR) is 152 cm³/mol. The molecule has 1 aromatic heterocycles. The Labute approximate surface area is 240 Å². The number of anilines is 1. The number of nitrogens with zero attached hydrogens (tertiary/aromatic N) is 2. The summed E-state index contributed by atoms with van der Waals surface area (Å²) in [5.74, 6) is -1.43. The van der Waals surface area contributed by atoms with Crippen molar-refractivity contribution in [2.45, 2.75) is 39.3 Å². The van der Waals surface area contributed by atoms with E-state index in [4.69, 9.17) is 4.42 Å². The molecule has 4 rings (SSSR count). The van der Waals surface area contributed by atoms with E-state index in [2.05, 4.69) is 5.32 Å². The number of sulfonamides is 1. The number of furan rings is 1. The Hall–Kier alpha value is -4.63. The van der Waals surface area contributed by atoms with Crippen molar-refractivity contribution in [2.75, 3.05) is 10.6 Å². The number of benzene rings is 3. The maximum Gasteiger partial charge on any atom is 0.327 e. The van der Waals surface area contributed by atoms with Crippen LogP contribution in [-0.2, 0) is 10.0 Å². The van der Waals surface area contributed by atoms with Gasteiger partial charge in [-0.05, 0) is 61.9 Å². The number of rotatable bonds is 9. The molecule has 42 heavy (non-hydrogen) atoms. The predicted octanol–water partition coefficient (Wildman–Crippen LogP) is 6.52. The minimum Gasteiger partial charge on any atom is -0.455 e. The van der Waals surface area contributed by atoms with Crippen molar-refractivity contribution in [3.63, 3.8) is 0 Å². The van der Waals surface area contributed by atoms with Crippen molar-refractivity contribution >= 4 is 38.4 Å². The SMILES string of the molecule is CCC(=O)c1c(-c2ccc(F)cc2)oc2cc(N(C(F)F)S(C)(=O)=O)c(-c3cccc(C(=O)NC(C)(C)C#N)c3)cc12. The lowest BCUT2D eigenvalue weighted by atomic mass is 9.95. The van der Waals surface area contributed by atoms with Gasteiger partial charge in [0.1, 0.15) is 22.7 Å². The van der Waals surface area contributed by atoms with E-state index in [9.17, 15) is 36.4 Å². The molecule has 0 aliphatic carbocycles. The highest BCUT2D eigenvalue weighted by Crippen LogP contribution is 2.43. The highest BCUT2D eigenvalue weighted by atomic mass is 32.2. The summed E-state index contributed by atoms with van der Waals surface area (Å²) in [6.45, 7) is 1.13. The molecule has 0 unspecified atom stereocenters. The van der Waals surface area contributed by atoms with E-state index in [1.807, 2.05) is 6.07 Å². The number of hydrogen-bond donors (Lipinski definition) is 1. The number of alkyl halides is 2. The first-order chi connectivity index (χ1) is 19.7. The van der Waals surface area contributed by atoms with E-state index in [1.165, 1.54) is 68.4 Å². The summed E-state index contributed by atoms with van der Waals surface area (Å²) in [5, 5.41) is 12.1. The van der Waals surface area contributed by atoms with Gasteiger partial charge < -0.3 is 9.73 Å². The van der Waals surface area contributed by atoms with Crippen LogP contribution in [-0.4, -0.2) is 38.5 Å². The van der Waals surface area contributed by atoms with Gasteiger partial charge in [-0.25, -0.2) is 17.1 Å². The van der Waals surface area contributed by atoms with Crippen LogP contribution in [0.15, 0.2) is 65.1 Å². The lowest BCUT2D eigenvalue weighted by molar-refractivity contribution is 0.0928. The van der Waals surface area contributed by atoms with Gasteiger partial charge >= 0.3 is 6.55 Å². The minimum atomic E-state index is -4.53. The van der Waals surface area contributed by atoms with Gasteiger partial charge in [0.15, 0.2) is 5.78 Å². The van der Waals surface area contributed by atoms with Crippen LogP contribution in [0.2, 0.25) is 0 Å². The molecular weight excluding hydrogens is 571 g/mol. The minimum absolute atomic E-state index is 0.0287. The molecule has 12 heteroatoms. The third-order valence-electron chi connectivity index (χ3n) is 6.43. The van der Waals surface area contributed by atoms with Gasteiger partial charge in [0.05, 0.1) is 23.6 Å². The van der Waals surface area contributed by atoms with E-state index in [0.29, 0.717) is 11.8 Å². The number of fused-ring (bicyclic) bond motifs is 1. The van der Waals surface area contributed by atoms with Gasteiger partial charge in [0.25, 0.3) is 5.91 Å². The Morgan fingerprint density at radius 3 is 2.31 bits per heavy atom. The van der Waals surface area contributed by atoms with Crippen molar-refractivity contribution < 1.29 is 35.6 Å². The summed E-state index contributed by atoms with van der Waals surface area (Å²) in [6, 6.07) is 15.3. The van der Waals surface area contributed by atoms with Crippen LogP contribution in [0.3, 0.4) is 0 Å². The Balaban J connectivity index is 2.05. The first-order valence-corrected chi connectivity index (χ1v) is 14.5. The Bertz CT molecular complexity index is 1840. The van der Waals surface area contributed by atoms with Crippen molar-refractivity contribution in [1.29, 1.82) is 5.26 Å². The number of amides is 1. The fraction of sp³-hybridized carbons (Fsp3) is 0.233. The first-order valence-electron chi connectivity index (χ1n) is 12.7. The molecule has 0 atom stereocenters. The van der Waals surface area contributed by atoms with E-state index in [-0.39, 0.29) is 55.5 Å². The number of hydrogen-bond acceptors (Lipinski definition) is 6. The van der Waals surface area contributed by atoms with Crippen LogP contribution in [0, 0.1) is 17.1 Å². The van der Waals surface area contributed by atoms with Crippen molar-refractivity contribution in [3.05, 3.63) is 77.6 Å². The number of ketones is 1. The van der Waals surface area contributed by atoms with E-state index < -0.39 is 39.5 Å². The third-order valence-corrected chi connectivity index (χ3v) is 7.50. The van der Waals surface area contributed by atoms with Gasteiger partial charge in [-0.1, -0.05) is 19.1 Å². The summed E-state index contributed by atoms with van der Waals surface area (Å²) >= 11 is 0. The highest BCUT2D eigenvalue weighted by molar-refractivity contribution is 7.92. The standard InChI is InChI=1S/C30H26F3N3O5S/c1-5-24(37)26-22-14-21(18-7-6-8-19(13-18)28(38)35-30(2,3)16-34)23(36(29(32)33)42(4,39)40)15-25(22)41-27(26)17-9-11-20(31)12-10-17/h6-15,29H,5H2,1-4H3,(H,35,38). The monoisotopic (exact) mass is 597 g/mol. The highest BCUT2D eigenvalue weighted by Gasteiger charge is 2.32. The summed E-state index contributed by atoms with van der Waals surface area (Å²) in [5.41, 5.74) is -1.02. The molecule has 0 radical (unpaired) electrons. The van der Waals surface area contributed by atoms with Crippen molar-refractivity contribution in [1.82, 2.24) is 5.32 Å². The summed E-state index contributed by atoms with van der Waals surface area (Å²) in [6.07, 6.45) is 0.676. The first kappa shape index (κ1) is 30.3. The summed E-state index contributed by atoms with van der Waals surface area (Å²) < 4.78 is 73.3. The number of carbonyl (C=O) groups is 2. The summed E-state index contributed by atoms with van der Waals surface area (Å²) in [7, 11) is -4.53. The maximum absolute atomic E-state index is 14.3. The molecular formula is C30H26F3N3O5S. The zero-order valence-corrected chi connectivity index (χ0v) is 23.9. The number of halogens is 3. The van der Waals surface area contributed by atoms with Crippen LogP contribution in [0.25, 0.3) is 33.4 Å². The van der Waals surface area contributed by atoms with Crippen LogP contribution in [0.5, 0.6) is 0 Å². The lowest BCUT2D eigenvalue weighted by Crippen LogP contribution is -2.42. The molecule has 0 aliphatic rings. The average molecular weight is 598 g/mol. The van der Waals surface area contributed by atoms with Gasteiger partial charge in [0, 0.05) is 34.6 Å². The second-order valence-electron chi connectivity index (χ2n) is 10.1. The molecule has 4 aromatic rings. The van der Waals surface area contributed by atoms with E-state index in [1.54, 1.807) is 6.92 Å². The van der Waals surface area contributed by atoms with Crippen LogP contribution >= 0.6 is 0 Å². The molecule has 0 bridgehead atoms. The van der Waals surface area contributed by atoms with Gasteiger partial charge in [-0.2, -0.15) is 14.0 Å². The topological polar surface area (TPSA) is 120 Å². The number of nitrogens with one attached hydrogen (secondary N) is 1. The van der Waals surface area contributed by atoms with Gasteiger partial charge in [-0.3, -0.25) is 9.59 Å². The van der Waals surface area contributed by atoms with Gasteiger partial charge in [0.2, 0.25) is 10.0 Å². The van der Waals surface area contributed by atoms with E-state index in [0.717, 1.165) is 6.07 Å². The normalized spacial score (nSPS) is 11.9. The number of carbonyl (C=O) groups excluding carboxylic acids is 2. The van der Waals surface area contributed by atoms with Gasteiger partial charge in [-0.15, -0.1) is 0 Å². The Kier molecular flexibility index (Phi) is 8.18. The Morgan fingerprint density at radius 2 is 1.74 bits per heavy atom. The molecule has 0 spiro atoms. The quantitative estimate of drug-likeness (QED) is 0.173. The fourth-order valence-corrected chi connectivity index (χ4v) is 5.24. The maximum atomic E-state index is 14.3. The molecule has 0 fully saturated rings. The average Bonchev–Trinajstić information content (AvgIpc) is 3.29. The second kappa shape index (κ2) is 11.3. The largest absolute Gasteiger partial charge is 0.455 e. The molecule has 0 saturated heterocycles. The molecule has 218 valence electrons. The molecule has 1 N–H and O–H groups in total. The van der Waals surface area contributed by atoms with Crippen molar-refractivity contribution in [3.8, 4) is 28.5 Å². The van der Waals surface area contributed by atoms with Crippen LogP contribution in [0.4, 0.5) is 18.9 Å². The van der Waals surface area contributed by atoms with Crippen LogP contribution < -0.4 is 9.62 Å². The molecule has 8 nitrogen and oxygen atoms in total. The van der Waals surface area contributed by atoms with E-state index >= 15 is 0 Å². The number of nitriles is 1. The smallest absolute Gasteiger partial charge is 0.327 e. The number of Topliss-reactive ketones (excluding diaryl/α,β-unsaturated/α-hetero) is 1. The zero-order chi connectivity index (χ0) is 31.0. The lowest BCUT2D eigenvalue weighted by Gasteiger charge is -2.24. The molecule has 0 saturated carbocycles. The van der Waals surface area contributed by atoms with Crippen LogP contribution in [0.1, 0.15) is 47.9 Å². The molecule has 1 heterocycles. The van der Waals surface area contributed by atoms with Crippen molar-refractivity contribution in [2.24, 2.45) is 0 Å².